The molecule has 1 aromatic heterocycles. The molecule has 0 amide bonds. The molecule has 32 heavy (non-hydrogen) atoms. The Kier molecular flexibility index (Phi) is 7.45. The SMILES string of the molecule is Cc1ccc(C)c(NC(=S)N(CCCN2CCOCC2)Cc2cn(C)c3ccccc23)c1. The number of fused-ring (bicyclic) bond motifs is 1. The molecule has 170 valence electrons. The highest BCUT2D eigenvalue weighted by molar-refractivity contribution is 7.80. The Balaban J connectivity index is 1.51. The number of nitrogens with zero attached hydrogens (tertiary/aromatic N) is 3. The molecule has 1 saturated heterocycles. The van der Waals surface area contributed by atoms with E-state index < -0.39 is 0 Å². The van der Waals surface area contributed by atoms with Crippen molar-refractivity contribution in [2.45, 2.75) is 26.8 Å². The largest absolute Gasteiger partial charge is 0.379 e. The molecule has 1 N–H and O–H groups in total. The van der Waals surface area contributed by atoms with Crippen LogP contribution in [-0.2, 0) is 18.3 Å². The number of nitrogens with one attached hydrogen (secondary N) is 1. The fraction of sp³-hybridized carbons (Fsp3) is 0.423. The fourth-order valence-corrected chi connectivity index (χ4v) is 4.65. The molecule has 0 unspecified atom stereocenters. The second-order valence-corrected chi connectivity index (χ2v) is 9.15. The number of para-hydroxylation sites is 1. The summed E-state index contributed by atoms with van der Waals surface area (Å²) in [5, 5.41) is 5.61. The molecule has 6 heteroatoms. The second kappa shape index (κ2) is 10.5. The van der Waals surface area contributed by atoms with Crippen LogP contribution in [0.1, 0.15) is 23.1 Å². The van der Waals surface area contributed by atoms with Gasteiger partial charge in [-0.2, -0.15) is 0 Å². The quantitative estimate of drug-likeness (QED) is 0.527. The third-order valence-electron chi connectivity index (χ3n) is 6.27. The number of aromatic nitrogens is 1. The van der Waals surface area contributed by atoms with E-state index >= 15 is 0 Å². The van der Waals surface area contributed by atoms with Crippen LogP contribution in [0.2, 0.25) is 0 Å². The Hall–Kier alpha value is -2.41. The van der Waals surface area contributed by atoms with Crippen LogP contribution in [0.5, 0.6) is 0 Å². The van der Waals surface area contributed by atoms with E-state index in [4.69, 9.17) is 17.0 Å². The first-order valence-corrected chi connectivity index (χ1v) is 11.9. The average Bonchev–Trinajstić information content (AvgIpc) is 3.12. The maximum Gasteiger partial charge on any atom is 0.173 e. The zero-order valence-corrected chi connectivity index (χ0v) is 20.3. The van der Waals surface area contributed by atoms with Gasteiger partial charge in [0.15, 0.2) is 5.11 Å². The van der Waals surface area contributed by atoms with Crippen molar-refractivity contribution in [1.82, 2.24) is 14.4 Å². The Bertz CT molecular complexity index is 1070. The van der Waals surface area contributed by atoms with Gasteiger partial charge >= 0.3 is 0 Å². The molecular weight excluding hydrogens is 416 g/mol. The molecule has 0 atom stereocenters. The van der Waals surface area contributed by atoms with Crippen molar-refractivity contribution in [1.29, 1.82) is 0 Å². The maximum atomic E-state index is 5.93. The van der Waals surface area contributed by atoms with Gasteiger partial charge in [0.1, 0.15) is 0 Å². The summed E-state index contributed by atoms with van der Waals surface area (Å²) in [5.74, 6) is 0. The molecule has 1 fully saturated rings. The second-order valence-electron chi connectivity index (χ2n) is 8.76. The lowest BCUT2D eigenvalue weighted by Crippen LogP contribution is -2.40. The van der Waals surface area contributed by atoms with Crippen molar-refractivity contribution in [3.63, 3.8) is 0 Å². The van der Waals surface area contributed by atoms with Gasteiger partial charge in [-0.3, -0.25) is 4.90 Å². The smallest absolute Gasteiger partial charge is 0.173 e. The van der Waals surface area contributed by atoms with Crippen LogP contribution < -0.4 is 5.32 Å². The monoisotopic (exact) mass is 450 g/mol. The van der Waals surface area contributed by atoms with Crippen molar-refractivity contribution in [3.8, 4) is 0 Å². The first-order valence-electron chi connectivity index (χ1n) is 11.5. The third kappa shape index (κ3) is 5.49. The van der Waals surface area contributed by atoms with Crippen LogP contribution >= 0.6 is 12.2 Å². The summed E-state index contributed by atoms with van der Waals surface area (Å²) in [6.45, 7) is 10.7. The summed E-state index contributed by atoms with van der Waals surface area (Å²) < 4.78 is 7.70. The maximum absolute atomic E-state index is 5.93. The highest BCUT2D eigenvalue weighted by atomic mass is 32.1. The molecule has 0 radical (unpaired) electrons. The minimum atomic E-state index is 0.786. The predicted octanol–water partition coefficient (Wildman–Crippen LogP) is 4.72. The molecule has 0 aliphatic carbocycles. The number of morpholine rings is 1. The van der Waals surface area contributed by atoms with Crippen LogP contribution in [0.25, 0.3) is 10.9 Å². The zero-order valence-electron chi connectivity index (χ0n) is 19.4. The summed E-state index contributed by atoms with van der Waals surface area (Å²) in [7, 11) is 2.11. The first-order chi connectivity index (χ1) is 15.5. The summed E-state index contributed by atoms with van der Waals surface area (Å²) >= 11 is 5.93. The third-order valence-corrected chi connectivity index (χ3v) is 6.63. The van der Waals surface area contributed by atoms with E-state index in [-0.39, 0.29) is 0 Å². The molecule has 1 aliphatic heterocycles. The van der Waals surface area contributed by atoms with E-state index in [1.54, 1.807) is 0 Å². The average molecular weight is 451 g/mol. The van der Waals surface area contributed by atoms with E-state index in [0.717, 1.165) is 63.2 Å². The Labute approximate surface area is 197 Å². The normalized spacial score (nSPS) is 14.6. The Morgan fingerprint density at radius 1 is 1.12 bits per heavy atom. The van der Waals surface area contributed by atoms with Gasteiger partial charge < -0.3 is 19.5 Å². The number of benzene rings is 2. The van der Waals surface area contributed by atoms with Gasteiger partial charge in [0, 0.05) is 62.6 Å². The summed E-state index contributed by atoms with van der Waals surface area (Å²) in [6.07, 6.45) is 3.31. The van der Waals surface area contributed by atoms with Crippen molar-refractivity contribution < 1.29 is 4.74 Å². The number of hydrogen-bond donors (Lipinski definition) is 1. The number of thiocarbonyl (C=S) groups is 1. The molecular formula is C26H34N4OS. The molecule has 2 aromatic carbocycles. The van der Waals surface area contributed by atoms with Gasteiger partial charge in [-0.15, -0.1) is 0 Å². The number of rotatable bonds is 7. The molecule has 4 rings (SSSR count). The van der Waals surface area contributed by atoms with E-state index in [0.29, 0.717) is 0 Å². The summed E-state index contributed by atoms with van der Waals surface area (Å²) in [5.41, 5.74) is 6.08. The standard InChI is InChI=1S/C26H34N4OS/c1-20-9-10-21(2)24(17-20)27-26(32)30(12-6-11-29-13-15-31-16-14-29)19-22-18-28(3)25-8-5-4-7-23(22)25/h4-5,7-10,17-18H,6,11-16,19H2,1-3H3,(H,27,32). The van der Waals surface area contributed by atoms with Gasteiger partial charge in [0.05, 0.1) is 13.2 Å². The van der Waals surface area contributed by atoms with Crippen molar-refractivity contribution >= 4 is 33.9 Å². The predicted molar refractivity (Wildman–Crippen MR) is 137 cm³/mol. The van der Waals surface area contributed by atoms with E-state index in [1.807, 2.05) is 0 Å². The van der Waals surface area contributed by atoms with Gasteiger partial charge in [-0.1, -0.05) is 30.3 Å². The molecule has 0 saturated carbocycles. The Morgan fingerprint density at radius 2 is 1.91 bits per heavy atom. The van der Waals surface area contributed by atoms with Gasteiger partial charge in [-0.25, -0.2) is 0 Å². The highest BCUT2D eigenvalue weighted by Gasteiger charge is 2.16. The zero-order chi connectivity index (χ0) is 22.5. The molecule has 2 heterocycles. The fourth-order valence-electron chi connectivity index (χ4n) is 4.38. The lowest BCUT2D eigenvalue weighted by molar-refractivity contribution is 0.0368. The molecule has 0 bridgehead atoms. The topological polar surface area (TPSA) is 32.7 Å². The van der Waals surface area contributed by atoms with E-state index in [9.17, 15) is 0 Å². The van der Waals surface area contributed by atoms with Crippen LogP contribution in [-0.4, -0.2) is 58.9 Å². The summed E-state index contributed by atoms with van der Waals surface area (Å²) in [6, 6.07) is 15.0. The summed E-state index contributed by atoms with van der Waals surface area (Å²) in [4.78, 5) is 4.81. The Morgan fingerprint density at radius 3 is 2.72 bits per heavy atom. The van der Waals surface area contributed by atoms with E-state index in [2.05, 4.69) is 89.2 Å². The van der Waals surface area contributed by atoms with Crippen molar-refractivity contribution in [3.05, 3.63) is 65.4 Å². The lowest BCUT2D eigenvalue weighted by Gasteiger charge is -2.30. The van der Waals surface area contributed by atoms with Gasteiger partial charge in [0.25, 0.3) is 0 Å². The number of hydrogen-bond acceptors (Lipinski definition) is 3. The number of ether oxygens (including phenoxy) is 1. The van der Waals surface area contributed by atoms with Crippen LogP contribution in [0, 0.1) is 13.8 Å². The van der Waals surface area contributed by atoms with Gasteiger partial charge in [0.2, 0.25) is 0 Å². The number of aryl methyl sites for hydroxylation is 3. The molecule has 5 nitrogen and oxygen atoms in total. The number of anilines is 1. The molecule has 1 aliphatic rings. The van der Waals surface area contributed by atoms with Crippen molar-refractivity contribution in [2.24, 2.45) is 7.05 Å². The highest BCUT2D eigenvalue weighted by Crippen LogP contribution is 2.23. The first kappa shape index (κ1) is 22.8. The molecule has 0 spiro atoms. The van der Waals surface area contributed by atoms with E-state index in [1.165, 1.54) is 27.6 Å². The van der Waals surface area contributed by atoms with Crippen LogP contribution in [0.3, 0.4) is 0 Å². The minimum Gasteiger partial charge on any atom is -0.379 e. The van der Waals surface area contributed by atoms with Crippen molar-refractivity contribution in [2.75, 3.05) is 44.7 Å². The van der Waals surface area contributed by atoms with Gasteiger partial charge in [-0.05, 0) is 61.3 Å². The molecule has 3 aromatic rings. The van der Waals surface area contributed by atoms with Crippen LogP contribution in [0.4, 0.5) is 5.69 Å². The minimum absolute atomic E-state index is 0.786. The van der Waals surface area contributed by atoms with Crippen LogP contribution in [0.15, 0.2) is 48.7 Å². The lowest BCUT2D eigenvalue weighted by atomic mass is 10.1.